The van der Waals surface area contributed by atoms with E-state index in [1.807, 2.05) is 12.1 Å². The van der Waals surface area contributed by atoms with Crippen LogP contribution >= 0.6 is 0 Å². The molecule has 0 spiro atoms. The van der Waals surface area contributed by atoms with Gasteiger partial charge in [-0.15, -0.1) is 5.10 Å². The van der Waals surface area contributed by atoms with Gasteiger partial charge >= 0.3 is 0 Å². The average Bonchev–Trinajstić information content (AvgIpc) is 2.56. The second-order valence-electron chi connectivity index (χ2n) is 4.93. The van der Waals surface area contributed by atoms with Gasteiger partial charge in [-0.25, -0.2) is 4.98 Å². The van der Waals surface area contributed by atoms with Gasteiger partial charge in [-0.2, -0.15) is 4.52 Å². The first kappa shape index (κ1) is 14.3. The molecule has 22 heavy (non-hydrogen) atoms. The highest BCUT2D eigenvalue weighted by atomic mass is 16.5. The van der Waals surface area contributed by atoms with Crippen LogP contribution in [0.3, 0.4) is 0 Å². The molecule has 114 valence electrons. The van der Waals surface area contributed by atoms with Crippen molar-refractivity contribution in [2.75, 3.05) is 25.1 Å². The van der Waals surface area contributed by atoms with Crippen molar-refractivity contribution in [3.63, 3.8) is 0 Å². The quantitative estimate of drug-likeness (QED) is 0.690. The molecule has 1 aromatic carbocycles. The highest BCUT2D eigenvalue weighted by Gasteiger charge is 2.10. The van der Waals surface area contributed by atoms with Crippen LogP contribution in [0.1, 0.15) is 13.8 Å². The van der Waals surface area contributed by atoms with Crippen molar-refractivity contribution in [1.82, 2.24) is 14.6 Å². The Hall–Kier alpha value is -2.63. The first-order chi connectivity index (χ1) is 10.7. The zero-order chi connectivity index (χ0) is 15.7. The molecule has 2 aromatic heterocycles. The minimum atomic E-state index is -0.170. The molecular formula is C16H18N4O2. The van der Waals surface area contributed by atoms with Gasteiger partial charge in [0.1, 0.15) is 11.6 Å². The molecule has 0 amide bonds. The molecule has 0 saturated carbocycles. The molecular weight excluding hydrogens is 280 g/mol. The Morgan fingerprint density at radius 3 is 2.64 bits per heavy atom. The van der Waals surface area contributed by atoms with E-state index in [0.717, 1.165) is 18.9 Å². The molecule has 0 bridgehead atoms. The number of hydrogen-bond donors (Lipinski definition) is 0. The van der Waals surface area contributed by atoms with Crippen LogP contribution in [-0.4, -0.2) is 34.8 Å². The lowest BCUT2D eigenvalue weighted by molar-refractivity contribution is 0.415. The molecule has 3 aromatic rings. The Balaban J connectivity index is 2.27. The smallest absolute Gasteiger partial charge is 0.282 e. The molecule has 6 nitrogen and oxygen atoms in total. The average molecular weight is 298 g/mol. The van der Waals surface area contributed by atoms with Crippen LogP contribution in [0, 0.1) is 0 Å². The second-order valence-corrected chi connectivity index (χ2v) is 4.93. The molecule has 0 unspecified atom stereocenters. The number of benzene rings is 1. The Labute approximate surface area is 128 Å². The van der Waals surface area contributed by atoms with E-state index < -0.39 is 0 Å². The first-order valence-corrected chi connectivity index (χ1v) is 7.30. The van der Waals surface area contributed by atoms with E-state index >= 15 is 0 Å². The summed E-state index contributed by atoms with van der Waals surface area (Å²) in [6.45, 7) is 5.79. The van der Waals surface area contributed by atoms with E-state index in [1.165, 1.54) is 4.52 Å². The molecule has 0 N–H and O–H groups in total. The molecule has 6 heteroatoms. The van der Waals surface area contributed by atoms with Crippen LogP contribution in [0.15, 0.2) is 35.1 Å². The van der Waals surface area contributed by atoms with Crippen molar-refractivity contribution in [2.24, 2.45) is 0 Å². The fourth-order valence-corrected chi connectivity index (χ4v) is 2.51. The maximum atomic E-state index is 12.6. The summed E-state index contributed by atoms with van der Waals surface area (Å²) in [5, 5.41) is 4.98. The SMILES string of the molecule is CCN(CC)c1ccc2nc3cc(OC)ccc3c(=O)n2n1. The normalized spacial score (nSPS) is 11.0. The number of fused-ring (bicyclic) bond motifs is 2. The van der Waals surface area contributed by atoms with E-state index in [9.17, 15) is 4.79 Å². The molecule has 0 saturated heterocycles. The predicted molar refractivity (Wildman–Crippen MR) is 86.9 cm³/mol. The number of hydrogen-bond acceptors (Lipinski definition) is 5. The van der Waals surface area contributed by atoms with Gasteiger partial charge in [-0.3, -0.25) is 4.79 Å². The van der Waals surface area contributed by atoms with Crippen LogP contribution in [-0.2, 0) is 0 Å². The Morgan fingerprint density at radius 2 is 1.95 bits per heavy atom. The summed E-state index contributed by atoms with van der Waals surface area (Å²) < 4.78 is 6.55. The van der Waals surface area contributed by atoms with Crippen LogP contribution in [0.25, 0.3) is 16.6 Å². The fraction of sp³-hybridized carbons (Fsp3) is 0.312. The summed E-state index contributed by atoms with van der Waals surface area (Å²) in [4.78, 5) is 19.2. The van der Waals surface area contributed by atoms with Crippen LogP contribution in [0.2, 0.25) is 0 Å². The number of methoxy groups -OCH3 is 1. The van der Waals surface area contributed by atoms with E-state index in [4.69, 9.17) is 4.74 Å². The van der Waals surface area contributed by atoms with Crippen molar-refractivity contribution in [3.05, 3.63) is 40.7 Å². The molecule has 3 rings (SSSR count). The molecule has 2 heterocycles. The third kappa shape index (κ3) is 2.26. The summed E-state index contributed by atoms with van der Waals surface area (Å²) in [7, 11) is 1.59. The third-order valence-electron chi connectivity index (χ3n) is 3.75. The summed E-state index contributed by atoms with van der Waals surface area (Å²) in [6, 6.07) is 8.95. The monoisotopic (exact) mass is 298 g/mol. The van der Waals surface area contributed by atoms with Gasteiger partial charge in [0.05, 0.1) is 18.0 Å². The van der Waals surface area contributed by atoms with Crippen molar-refractivity contribution in [2.45, 2.75) is 13.8 Å². The van der Waals surface area contributed by atoms with Crippen LogP contribution in [0.5, 0.6) is 5.75 Å². The van der Waals surface area contributed by atoms with Gasteiger partial charge in [0.15, 0.2) is 5.65 Å². The predicted octanol–water partition coefficient (Wildman–Crippen LogP) is 2.10. The Kier molecular flexibility index (Phi) is 3.66. The largest absolute Gasteiger partial charge is 0.497 e. The van der Waals surface area contributed by atoms with Crippen molar-refractivity contribution in [3.8, 4) is 5.75 Å². The van der Waals surface area contributed by atoms with Crippen molar-refractivity contribution in [1.29, 1.82) is 0 Å². The zero-order valence-electron chi connectivity index (χ0n) is 12.9. The minimum absolute atomic E-state index is 0.170. The Morgan fingerprint density at radius 1 is 1.18 bits per heavy atom. The van der Waals surface area contributed by atoms with E-state index in [1.54, 1.807) is 25.3 Å². The zero-order valence-corrected chi connectivity index (χ0v) is 12.9. The highest BCUT2D eigenvalue weighted by Crippen LogP contribution is 2.18. The molecule has 0 aliphatic heterocycles. The molecule has 0 aliphatic rings. The molecule has 0 atom stereocenters. The van der Waals surface area contributed by atoms with Gasteiger partial charge in [-0.1, -0.05) is 0 Å². The lowest BCUT2D eigenvalue weighted by atomic mass is 10.2. The summed E-state index contributed by atoms with van der Waals surface area (Å²) >= 11 is 0. The summed E-state index contributed by atoms with van der Waals surface area (Å²) in [6.07, 6.45) is 0. The van der Waals surface area contributed by atoms with Gasteiger partial charge in [0.2, 0.25) is 0 Å². The van der Waals surface area contributed by atoms with Crippen LogP contribution < -0.4 is 15.2 Å². The van der Waals surface area contributed by atoms with Gasteiger partial charge in [-0.05, 0) is 38.1 Å². The number of anilines is 1. The van der Waals surface area contributed by atoms with Crippen molar-refractivity contribution >= 4 is 22.4 Å². The topological polar surface area (TPSA) is 59.7 Å². The van der Waals surface area contributed by atoms with E-state index in [2.05, 4.69) is 28.8 Å². The molecule has 0 aliphatic carbocycles. The van der Waals surface area contributed by atoms with Gasteiger partial charge < -0.3 is 9.64 Å². The van der Waals surface area contributed by atoms with Crippen molar-refractivity contribution < 1.29 is 4.74 Å². The lowest BCUT2D eigenvalue weighted by Crippen LogP contribution is -2.26. The second kappa shape index (κ2) is 5.63. The minimum Gasteiger partial charge on any atom is -0.497 e. The van der Waals surface area contributed by atoms with Gasteiger partial charge in [0.25, 0.3) is 5.56 Å². The fourth-order valence-electron chi connectivity index (χ4n) is 2.51. The Bertz CT molecular complexity index is 884. The third-order valence-corrected chi connectivity index (χ3v) is 3.75. The summed E-state index contributed by atoms with van der Waals surface area (Å²) in [5.41, 5.74) is 0.972. The van der Waals surface area contributed by atoms with E-state index in [0.29, 0.717) is 22.3 Å². The molecule has 0 fully saturated rings. The van der Waals surface area contributed by atoms with Gasteiger partial charge in [0, 0.05) is 19.2 Å². The number of aromatic nitrogens is 3. The standard InChI is InChI=1S/C16H18N4O2/c1-4-19(5-2)15-9-8-14-17-13-10-11(22-3)6-7-12(13)16(21)20(14)18-15/h6-10H,4-5H2,1-3H3. The molecule has 0 radical (unpaired) electrons. The first-order valence-electron chi connectivity index (χ1n) is 7.30. The number of rotatable bonds is 4. The maximum Gasteiger partial charge on any atom is 0.282 e. The number of nitrogens with zero attached hydrogens (tertiary/aromatic N) is 4. The van der Waals surface area contributed by atoms with Crippen LogP contribution in [0.4, 0.5) is 5.82 Å². The lowest BCUT2D eigenvalue weighted by Gasteiger charge is -2.19. The number of ether oxygens (including phenoxy) is 1. The van der Waals surface area contributed by atoms with E-state index in [-0.39, 0.29) is 5.56 Å². The maximum absolute atomic E-state index is 12.6. The summed E-state index contributed by atoms with van der Waals surface area (Å²) in [5.74, 6) is 1.45. The highest BCUT2D eigenvalue weighted by molar-refractivity contribution is 5.81.